The van der Waals surface area contributed by atoms with Crippen molar-refractivity contribution in [2.45, 2.75) is 13.5 Å². The number of H-pyrrole nitrogens is 2. The van der Waals surface area contributed by atoms with Crippen molar-refractivity contribution in [1.82, 2.24) is 9.97 Å². The molecule has 2 aromatic carbocycles. The number of anilines is 1. The molecule has 26 heavy (non-hydrogen) atoms. The van der Waals surface area contributed by atoms with Crippen molar-refractivity contribution in [3.8, 4) is 6.07 Å². The van der Waals surface area contributed by atoms with E-state index in [1.165, 1.54) is 0 Å². The first-order chi connectivity index (χ1) is 12.5. The number of nitrogens with zero attached hydrogens (tertiary/aromatic N) is 1. The first-order valence-corrected chi connectivity index (χ1v) is 8.51. The van der Waals surface area contributed by atoms with Gasteiger partial charge in [-0.2, -0.15) is 5.26 Å². The SMILES string of the molecule is Cc1[nH]c2cc(NCc3cc4cc(Cl)ccc4[nH]c3=O)ccc2c1C#N. The fourth-order valence-electron chi connectivity index (χ4n) is 3.14. The average molecular weight is 363 g/mol. The van der Waals surface area contributed by atoms with Gasteiger partial charge in [-0.15, -0.1) is 0 Å². The molecule has 0 radical (unpaired) electrons. The minimum absolute atomic E-state index is 0.129. The molecule has 6 heteroatoms. The van der Waals surface area contributed by atoms with E-state index in [4.69, 9.17) is 11.6 Å². The lowest BCUT2D eigenvalue weighted by atomic mass is 10.1. The molecule has 4 rings (SSSR count). The molecular formula is C20H15ClN4O. The van der Waals surface area contributed by atoms with Crippen LogP contribution in [0.1, 0.15) is 16.8 Å². The summed E-state index contributed by atoms with van der Waals surface area (Å²) < 4.78 is 0. The second kappa shape index (κ2) is 6.25. The van der Waals surface area contributed by atoms with Crippen LogP contribution in [0.5, 0.6) is 0 Å². The van der Waals surface area contributed by atoms with Gasteiger partial charge in [0.25, 0.3) is 5.56 Å². The molecule has 2 heterocycles. The van der Waals surface area contributed by atoms with Crippen LogP contribution in [-0.4, -0.2) is 9.97 Å². The number of nitrogens with one attached hydrogen (secondary N) is 3. The molecule has 0 bridgehead atoms. The Morgan fingerprint density at radius 1 is 1.12 bits per heavy atom. The van der Waals surface area contributed by atoms with Crippen LogP contribution >= 0.6 is 11.6 Å². The van der Waals surface area contributed by atoms with E-state index in [1.54, 1.807) is 12.1 Å². The lowest BCUT2D eigenvalue weighted by Gasteiger charge is -2.08. The fraction of sp³-hybridized carbons (Fsp3) is 0.100. The van der Waals surface area contributed by atoms with E-state index < -0.39 is 0 Å². The summed E-state index contributed by atoms with van der Waals surface area (Å²) in [5.41, 5.74) is 4.53. The third kappa shape index (κ3) is 2.81. The zero-order valence-corrected chi connectivity index (χ0v) is 14.7. The topological polar surface area (TPSA) is 84.5 Å². The predicted molar refractivity (Wildman–Crippen MR) is 105 cm³/mol. The van der Waals surface area contributed by atoms with Crippen molar-refractivity contribution >= 4 is 39.1 Å². The maximum absolute atomic E-state index is 12.3. The van der Waals surface area contributed by atoms with Crippen molar-refractivity contribution in [2.75, 3.05) is 5.32 Å². The van der Waals surface area contributed by atoms with Crippen molar-refractivity contribution in [3.63, 3.8) is 0 Å². The highest BCUT2D eigenvalue weighted by molar-refractivity contribution is 6.31. The van der Waals surface area contributed by atoms with Crippen LogP contribution < -0.4 is 10.9 Å². The predicted octanol–water partition coefficient (Wildman–Crippen LogP) is 4.46. The Bertz CT molecular complexity index is 1250. The quantitative estimate of drug-likeness (QED) is 0.503. The van der Waals surface area contributed by atoms with Crippen molar-refractivity contribution < 1.29 is 0 Å². The molecular weight excluding hydrogens is 348 g/mol. The van der Waals surface area contributed by atoms with Gasteiger partial charge in [0.05, 0.1) is 5.56 Å². The number of aromatic nitrogens is 2. The summed E-state index contributed by atoms with van der Waals surface area (Å²) in [7, 11) is 0. The highest BCUT2D eigenvalue weighted by Gasteiger charge is 2.09. The molecule has 0 spiro atoms. The molecule has 0 saturated heterocycles. The van der Waals surface area contributed by atoms with Crippen molar-refractivity contribution in [2.24, 2.45) is 0 Å². The summed E-state index contributed by atoms with van der Waals surface area (Å²) in [5.74, 6) is 0. The van der Waals surface area contributed by atoms with Gasteiger partial charge in [-0.1, -0.05) is 11.6 Å². The molecule has 0 fully saturated rings. The van der Waals surface area contributed by atoms with Gasteiger partial charge >= 0.3 is 0 Å². The van der Waals surface area contributed by atoms with E-state index in [1.807, 2.05) is 37.3 Å². The zero-order chi connectivity index (χ0) is 18.3. The summed E-state index contributed by atoms with van der Waals surface area (Å²) in [6.45, 7) is 2.26. The summed E-state index contributed by atoms with van der Waals surface area (Å²) in [6, 6.07) is 15.2. The van der Waals surface area contributed by atoms with Crippen LogP contribution in [0.3, 0.4) is 0 Å². The number of hydrogen-bond donors (Lipinski definition) is 3. The number of fused-ring (bicyclic) bond motifs is 2. The summed E-state index contributed by atoms with van der Waals surface area (Å²) in [5, 5.41) is 14.9. The fourth-order valence-corrected chi connectivity index (χ4v) is 3.32. The van der Waals surface area contributed by atoms with E-state index >= 15 is 0 Å². The summed E-state index contributed by atoms with van der Waals surface area (Å²) in [4.78, 5) is 18.4. The van der Waals surface area contributed by atoms with Gasteiger partial charge in [0, 0.05) is 50.3 Å². The van der Waals surface area contributed by atoms with Crippen LogP contribution in [0.2, 0.25) is 5.02 Å². The monoisotopic (exact) mass is 362 g/mol. The van der Waals surface area contributed by atoms with Crippen LogP contribution in [-0.2, 0) is 6.54 Å². The number of aromatic amines is 2. The van der Waals surface area contributed by atoms with Crippen LogP contribution in [0.4, 0.5) is 5.69 Å². The smallest absolute Gasteiger partial charge is 0.253 e. The van der Waals surface area contributed by atoms with Crippen molar-refractivity contribution in [1.29, 1.82) is 5.26 Å². The summed E-state index contributed by atoms with van der Waals surface area (Å²) in [6.07, 6.45) is 0. The van der Waals surface area contributed by atoms with Gasteiger partial charge in [-0.05, 0) is 49.4 Å². The maximum atomic E-state index is 12.3. The normalized spacial score (nSPS) is 11.0. The molecule has 3 N–H and O–H groups in total. The van der Waals surface area contributed by atoms with Gasteiger partial charge in [0.15, 0.2) is 0 Å². The number of nitriles is 1. The molecule has 0 unspecified atom stereocenters. The molecule has 0 saturated carbocycles. The van der Waals surface area contributed by atoms with Gasteiger partial charge < -0.3 is 15.3 Å². The Balaban J connectivity index is 1.64. The maximum Gasteiger partial charge on any atom is 0.253 e. The first kappa shape index (κ1) is 16.2. The largest absolute Gasteiger partial charge is 0.381 e. The van der Waals surface area contributed by atoms with Gasteiger partial charge in [0.2, 0.25) is 0 Å². The number of pyridine rings is 1. The third-order valence-electron chi connectivity index (χ3n) is 4.46. The molecule has 0 aliphatic rings. The number of aryl methyl sites for hydroxylation is 1. The molecule has 2 aromatic heterocycles. The minimum Gasteiger partial charge on any atom is -0.381 e. The molecule has 5 nitrogen and oxygen atoms in total. The van der Waals surface area contributed by atoms with E-state index in [0.29, 0.717) is 22.7 Å². The number of benzene rings is 2. The van der Waals surface area contributed by atoms with Crippen LogP contribution in [0.15, 0.2) is 47.3 Å². The average Bonchev–Trinajstić information content (AvgIpc) is 2.94. The summed E-state index contributed by atoms with van der Waals surface area (Å²) >= 11 is 6.03. The molecule has 0 aliphatic heterocycles. The van der Waals surface area contributed by atoms with Gasteiger partial charge in [-0.25, -0.2) is 0 Å². The second-order valence-electron chi connectivity index (χ2n) is 6.21. The Kier molecular flexibility index (Phi) is 3.90. The molecule has 128 valence electrons. The van der Waals surface area contributed by atoms with Crippen LogP contribution in [0, 0.1) is 18.3 Å². The number of hydrogen-bond acceptors (Lipinski definition) is 3. The van der Waals surface area contributed by atoms with E-state index in [-0.39, 0.29) is 5.56 Å². The first-order valence-electron chi connectivity index (χ1n) is 8.13. The second-order valence-corrected chi connectivity index (χ2v) is 6.64. The minimum atomic E-state index is -0.129. The standard InChI is InChI=1S/C20H15ClN4O/c1-11-17(9-22)16-4-3-15(8-19(16)24-11)23-10-13-6-12-7-14(21)2-5-18(12)25-20(13)26/h2-8,23-24H,10H2,1H3,(H,25,26). The number of rotatable bonds is 3. The molecule has 0 aliphatic carbocycles. The highest BCUT2D eigenvalue weighted by atomic mass is 35.5. The molecule has 0 atom stereocenters. The number of halogens is 1. The van der Waals surface area contributed by atoms with E-state index in [9.17, 15) is 10.1 Å². The zero-order valence-electron chi connectivity index (χ0n) is 14.0. The molecule has 4 aromatic rings. The van der Waals surface area contributed by atoms with E-state index in [2.05, 4.69) is 21.4 Å². The Morgan fingerprint density at radius 2 is 1.96 bits per heavy atom. The van der Waals surface area contributed by atoms with Crippen LogP contribution in [0.25, 0.3) is 21.8 Å². The van der Waals surface area contributed by atoms with E-state index in [0.717, 1.165) is 33.2 Å². The lowest BCUT2D eigenvalue weighted by molar-refractivity contribution is 1.09. The van der Waals surface area contributed by atoms with Crippen molar-refractivity contribution in [3.05, 3.63) is 74.7 Å². The Hall–Kier alpha value is -3.23. The molecule has 0 amide bonds. The highest BCUT2D eigenvalue weighted by Crippen LogP contribution is 2.24. The Morgan fingerprint density at radius 3 is 2.77 bits per heavy atom. The lowest BCUT2D eigenvalue weighted by Crippen LogP contribution is -2.15. The third-order valence-corrected chi connectivity index (χ3v) is 4.70. The van der Waals surface area contributed by atoms with Gasteiger partial charge in [-0.3, -0.25) is 4.79 Å². The Labute approximate surface area is 154 Å². The van der Waals surface area contributed by atoms with Gasteiger partial charge in [0.1, 0.15) is 6.07 Å².